The molecule has 2 aromatic carbocycles. The molecule has 1 aliphatic rings. The predicted octanol–water partition coefficient (Wildman–Crippen LogP) is 1.36. The van der Waals surface area contributed by atoms with Crippen LogP contribution >= 0.6 is 0 Å². The van der Waals surface area contributed by atoms with E-state index in [4.69, 9.17) is 0 Å². The number of benzene rings is 2. The van der Waals surface area contributed by atoms with Crippen molar-refractivity contribution in [2.75, 3.05) is 26.2 Å². The lowest BCUT2D eigenvalue weighted by Crippen LogP contribution is -2.52. The van der Waals surface area contributed by atoms with E-state index in [1.54, 1.807) is 17.0 Å². The molecule has 1 saturated heterocycles. The zero-order chi connectivity index (χ0) is 24.4. The molecule has 0 N–H and O–H groups in total. The molecule has 3 aromatic rings. The van der Waals surface area contributed by atoms with Gasteiger partial charge in [0.2, 0.25) is 11.6 Å². The van der Waals surface area contributed by atoms with Gasteiger partial charge in [0.1, 0.15) is 0 Å². The minimum Gasteiger partial charge on any atom is -0.339 e. The summed E-state index contributed by atoms with van der Waals surface area (Å²) in [6.07, 6.45) is 0. The molecule has 0 aliphatic carbocycles. The van der Waals surface area contributed by atoms with Crippen molar-refractivity contribution < 1.29 is 9.59 Å². The number of aromatic nitrogens is 3. The summed E-state index contributed by atoms with van der Waals surface area (Å²) >= 11 is 0. The molecule has 34 heavy (non-hydrogen) atoms. The molecule has 0 unspecified atom stereocenters. The number of hydrogen-bond donors (Lipinski definition) is 0. The summed E-state index contributed by atoms with van der Waals surface area (Å²) < 4.78 is 2.16. The molecular formula is C25H27N5O4. The number of amides is 2. The van der Waals surface area contributed by atoms with E-state index in [0.29, 0.717) is 31.9 Å². The summed E-state index contributed by atoms with van der Waals surface area (Å²) in [7, 11) is 0. The number of carbonyl (C=O) groups is 2. The molecule has 1 fully saturated rings. The molecule has 9 heteroatoms. The third-order valence-corrected chi connectivity index (χ3v) is 5.98. The van der Waals surface area contributed by atoms with E-state index in [1.165, 1.54) is 11.8 Å². The molecule has 0 saturated carbocycles. The maximum absolute atomic E-state index is 13.3. The van der Waals surface area contributed by atoms with Crippen molar-refractivity contribution in [3.05, 3.63) is 91.8 Å². The zero-order valence-electron chi connectivity index (χ0n) is 19.5. The van der Waals surface area contributed by atoms with E-state index in [1.807, 2.05) is 50.2 Å². The molecule has 176 valence electrons. The molecule has 2 amide bonds. The van der Waals surface area contributed by atoms with Gasteiger partial charge in [-0.15, -0.1) is 0 Å². The number of carbonyl (C=O) groups excluding carboxylic acids is 2. The number of rotatable bonds is 4. The second-order valence-electron chi connectivity index (χ2n) is 8.56. The van der Waals surface area contributed by atoms with Crippen LogP contribution in [0.25, 0.3) is 5.69 Å². The first-order valence-electron chi connectivity index (χ1n) is 11.2. The molecule has 4 rings (SSSR count). The molecule has 0 spiro atoms. The van der Waals surface area contributed by atoms with Crippen LogP contribution in [0.2, 0.25) is 0 Å². The van der Waals surface area contributed by atoms with Crippen LogP contribution in [0.3, 0.4) is 0 Å². The Bertz CT molecular complexity index is 1350. The Balaban J connectivity index is 1.79. The van der Waals surface area contributed by atoms with Crippen molar-refractivity contribution in [1.82, 2.24) is 24.1 Å². The van der Waals surface area contributed by atoms with E-state index in [2.05, 4.69) is 5.10 Å². The maximum Gasteiger partial charge on any atom is 0.352 e. The average molecular weight is 462 g/mol. The van der Waals surface area contributed by atoms with Gasteiger partial charge < -0.3 is 9.80 Å². The lowest BCUT2D eigenvalue weighted by molar-refractivity contribution is -0.130. The minimum absolute atomic E-state index is 0.0200. The minimum atomic E-state index is -0.728. The standard InChI is InChI=1S/C25H27N5O4/c1-17-7-9-21(10-8-17)30-25(34)29(16-20-6-4-5-18(2)15-20)24(33)22(26-30)23(32)28-13-11-27(12-14-28)19(3)31/h4-10,15H,11-14,16H2,1-3H3. The molecule has 0 atom stereocenters. The van der Waals surface area contributed by atoms with E-state index in [9.17, 15) is 19.2 Å². The first-order chi connectivity index (χ1) is 16.2. The first kappa shape index (κ1) is 23.2. The van der Waals surface area contributed by atoms with Crippen molar-refractivity contribution in [2.45, 2.75) is 27.3 Å². The van der Waals surface area contributed by atoms with Gasteiger partial charge in [-0.3, -0.25) is 19.0 Å². The number of hydrogen-bond acceptors (Lipinski definition) is 5. The van der Waals surface area contributed by atoms with Gasteiger partial charge in [0, 0.05) is 33.1 Å². The number of aryl methyl sites for hydroxylation is 2. The highest BCUT2D eigenvalue weighted by molar-refractivity contribution is 5.92. The van der Waals surface area contributed by atoms with E-state index in [-0.39, 0.29) is 18.1 Å². The molecular weight excluding hydrogens is 434 g/mol. The number of nitrogens with zero attached hydrogens (tertiary/aromatic N) is 5. The third kappa shape index (κ3) is 4.68. The highest BCUT2D eigenvalue weighted by Gasteiger charge is 2.28. The molecule has 0 bridgehead atoms. The summed E-state index contributed by atoms with van der Waals surface area (Å²) in [4.78, 5) is 54.8. The predicted molar refractivity (Wildman–Crippen MR) is 127 cm³/mol. The van der Waals surface area contributed by atoms with Crippen LogP contribution in [-0.4, -0.2) is 62.1 Å². The fourth-order valence-corrected chi connectivity index (χ4v) is 4.01. The van der Waals surface area contributed by atoms with Gasteiger partial charge in [-0.1, -0.05) is 47.5 Å². The molecule has 1 aromatic heterocycles. The van der Waals surface area contributed by atoms with Gasteiger partial charge in [-0.25, -0.2) is 4.79 Å². The van der Waals surface area contributed by atoms with Crippen molar-refractivity contribution in [2.24, 2.45) is 0 Å². The summed E-state index contributed by atoms with van der Waals surface area (Å²) in [5.41, 5.74) is 1.58. The Hall–Kier alpha value is -4.01. The maximum atomic E-state index is 13.3. The highest BCUT2D eigenvalue weighted by atomic mass is 16.2. The van der Waals surface area contributed by atoms with Gasteiger partial charge in [-0.05, 0) is 31.5 Å². The van der Waals surface area contributed by atoms with Crippen molar-refractivity contribution in [3.8, 4) is 5.69 Å². The van der Waals surface area contributed by atoms with E-state index >= 15 is 0 Å². The zero-order valence-corrected chi connectivity index (χ0v) is 19.5. The van der Waals surface area contributed by atoms with Crippen LogP contribution in [0, 0.1) is 13.8 Å². The molecule has 1 aliphatic heterocycles. The normalized spacial score (nSPS) is 13.7. The number of piperazine rings is 1. The fraction of sp³-hybridized carbons (Fsp3) is 0.320. The first-order valence-corrected chi connectivity index (χ1v) is 11.2. The lowest BCUT2D eigenvalue weighted by Gasteiger charge is -2.33. The fourth-order valence-electron chi connectivity index (χ4n) is 4.01. The van der Waals surface area contributed by atoms with Gasteiger partial charge >= 0.3 is 5.69 Å². The Labute approximate surface area is 196 Å². The third-order valence-electron chi connectivity index (χ3n) is 5.98. The van der Waals surface area contributed by atoms with Gasteiger partial charge in [0.25, 0.3) is 11.5 Å². The van der Waals surface area contributed by atoms with Crippen LogP contribution < -0.4 is 11.2 Å². The SMILES string of the molecule is CC(=O)N1CCN(C(=O)c2nn(-c3ccc(C)cc3)c(=O)n(Cc3cccc(C)c3)c2=O)CC1. The largest absolute Gasteiger partial charge is 0.352 e. The van der Waals surface area contributed by atoms with Crippen LogP contribution in [0.15, 0.2) is 58.1 Å². The van der Waals surface area contributed by atoms with Crippen LogP contribution in [-0.2, 0) is 11.3 Å². The molecule has 2 heterocycles. The summed E-state index contributed by atoms with van der Waals surface area (Å²) in [5, 5.41) is 4.22. The quantitative estimate of drug-likeness (QED) is 0.585. The average Bonchev–Trinajstić information content (AvgIpc) is 2.82. The van der Waals surface area contributed by atoms with Gasteiger partial charge in [-0.2, -0.15) is 9.78 Å². The van der Waals surface area contributed by atoms with Gasteiger partial charge in [0.15, 0.2) is 0 Å². The Morgan fingerprint density at radius 1 is 0.882 bits per heavy atom. The van der Waals surface area contributed by atoms with E-state index in [0.717, 1.165) is 25.9 Å². The van der Waals surface area contributed by atoms with Crippen molar-refractivity contribution in [1.29, 1.82) is 0 Å². The van der Waals surface area contributed by atoms with Crippen LogP contribution in [0.5, 0.6) is 0 Å². The van der Waals surface area contributed by atoms with Crippen molar-refractivity contribution in [3.63, 3.8) is 0 Å². The monoisotopic (exact) mass is 461 g/mol. The summed E-state index contributed by atoms with van der Waals surface area (Å²) in [6, 6.07) is 14.6. The second kappa shape index (κ2) is 9.46. The smallest absolute Gasteiger partial charge is 0.339 e. The van der Waals surface area contributed by atoms with E-state index < -0.39 is 17.2 Å². The molecule has 0 radical (unpaired) electrons. The van der Waals surface area contributed by atoms with Crippen LogP contribution in [0.1, 0.15) is 34.1 Å². The second-order valence-corrected chi connectivity index (χ2v) is 8.56. The Morgan fingerprint density at radius 2 is 1.53 bits per heavy atom. The highest BCUT2D eigenvalue weighted by Crippen LogP contribution is 2.09. The van der Waals surface area contributed by atoms with Crippen LogP contribution in [0.4, 0.5) is 0 Å². The lowest BCUT2D eigenvalue weighted by atomic mass is 10.1. The Morgan fingerprint density at radius 3 is 2.15 bits per heavy atom. The topological polar surface area (TPSA) is 97.5 Å². The summed E-state index contributed by atoms with van der Waals surface area (Å²) in [5.74, 6) is -0.606. The van der Waals surface area contributed by atoms with Crippen molar-refractivity contribution >= 4 is 11.8 Å². The summed E-state index contributed by atoms with van der Waals surface area (Å²) in [6.45, 7) is 6.72. The molecule has 9 nitrogen and oxygen atoms in total. The van der Waals surface area contributed by atoms with Gasteiger partial charge in [0.05, 0.1) is 12.2 Å². The Kier molecular flexibility index (Phi) is 6.45.